The van der Waals surface area contributed by atoms with E-state index in [1.54, 1.807) is 47.7 Å². The second kappa shape index (κ2) is 15.0. The van der Waals surface area contributed by atoms with Gasteiger partial charge in [0.1, 0.15) is 16.8 Å². The van der Waals surface area contributed by atoms with Crippen molar-refractivity contribution in [2.24, 2.45) is 0 Å². The van der Waals surface area contributed by atoms with Crippen molar-refractivity contribution in [3.63, 3.8) is 0 Å². The first-order valence-electron chi connectivity index (χ1n) is 14.5. The van der Waals surface area contributed by atoms with E-state index in [2.05, 4.69) is 60.5 Å². The molecule has 2 aromatic carbocycles. The van der Waals surface area contributed by atoms with E-state index >= 15 is 0 Å². The smallest absolute Gasteiger partial charge is 0.421 e. The number of ether oxygens (including phenoxy) is 3. The molecule has 47 heavy (non-hydrogen) atoms. The summed E-state index contributed by atoms with van der Waals surface area (Å²) in [4.78, 5) is 45.4. The molecule has 1 amide bonds. The number of nitrogens with two attached hydrogens (primary N) is 1. The molecule has 0 aliphatic heterocycles. The molecule has 0 fully saturated rings. The Bertz CT molecular complexity index is 1750. The third-order valence-corrected chi connectivity index (χ3v) is 6.90. The van der Waals surface area contributed by atoms with E-state index in [4.69, 9.17) is 19.9 Å². The highest BCUT2D eigenvalue weighted by Gasteiger charge is 2.27. The second-order valence-corrected chi connectivity index (χ2v) is 15.7. The van der Waals surface area contributed by atoms with Crippen molar-refractivity contribution in [2.75, 3.05) is 11.1 Å². The van der Waals surface area contributed by atoms with Gasteiger partial charge in [-0.25, -0.2) is 33.5 Å². The maximum absolute atomic E-state index is 12.8. The van der Waals surface area contributed by atoms with Gasteiger partial charge in [-0.2, -0.15) is 0 Å². The van der Waals surface area contributed by atoms with Gasteiger partial charge in [-0.05, 0) is 132 Å². The zero-order valence-corrected chi connectivity index (χ0v) is 32.2. The van der Waals surface area contributed by atoms with Gasteiger partial charge < -0.3 is 19.9 Å². The molecule has 14 heteroatoms. The summed E-state index contributed by atoms with van der Waals surface area (Å²) in [7, 11) is 0. The van der Waals surface area contributed by atoms with Crippen LogP contribution in [0.3, 0.4) is 0 Å². The van der Waals surface area contributed by atoms with E-state index in [-0.39, 0.29) is 11.9 Å². The fourth-order valence-electron chi connectivity index (χ4n) is 3.90. The molecule has 2 heterocycles. The predicted molar refractivity (Wildman–Crippen MR) is 198 cm³/mol. The zero-order valence-electron chi connectivity index (χ0n) is 27.8. The lowest BCUT2D eigenvalue weighted by molar-refractivity contribution is 0.0529. The topological polar surface area (TPSA) is 153 Å². The van der Waals surface area contributed by atoms with Crippen LogP contribution in [-0.4, -0.2) is 54.2 Å². The first-order chi connectivity index (χ1) is 21.6. The SMILES string of the molecule is CC(C)(C)OC(=O)Nc1ncc(-c2cccc(I)c2)n1C(=O)OC(C)(C)C.CC(C)(C)OC(=O)n1c(-c2cccc(I)c2)cnc1N. The summed E-state index contributed by atoms with van der Waals surface area (Å²) in [5.74, 6) is 0.153. The third-order valence-electron chi connectivity index (χ3n) is 5.56. The number of carbonyl (C=O) groups is 3. The van der Waals surface area contributed by atoms with Crippen molar-refractivity contribution < 1.29 is 28.6 Å². The first kappa shape index (κ1) is 37.8. The van der Waals surface area contributed by atoms with Gasteiger partial charge in [0.2, 0.25) is 11.9 Å². The predicted octanol–water partition coefficient (Wildman–Crippen LogP) is 8.81. The monoisotopic (exact) mass is 870 g/mol. The Labute approximate surface area is 302 Å². The van der Waals surface area contributed by atoms with E-state index in [1.807, 2.05) is 69.3 Å². The Morgan fingerprint density at radius 1 is 0.681 bits per heavy atom. The molecule has 12 nitrogen and oxygen atoms in total. The van der Waals surface area contributed by atoms with Crippen LogP contribution in [0.2, 0.25) is 0 Å². The summed E-state index contributed by atoms with van der Waals surface area (Å²) in [5, 5.41) is 2.53. The minimum absolute atomic E-state index is 0.0346. The van der Waals surface area contributed by atoms with Crippen LogP contribution in [0.25, 0.3) is 22.5 Å². The summed E-state index contributed by atoms with van der Waals surface area (Å²) in [6.07, 6.45) is 1.22. The van der Waals surface area contributed by atoms with Gasteiger partial charge in [-0.1, -0.05) is 24.3 Å². The highest BCUT2D eigenvalue weighted by Crippen LogP contribution is 2.27. The number of halogens is 2. The van der Waals surface area contributed by atoms with E-state index < -0.39 is 35.1 Å². The molecule has 3 N–H and O–H groups in total. The van der Waals surface area contributed by atoms with Crippen LogP contribution in [0.4, 0.5) is 26.3 Å². The highest BCUT2D eigenvalue weighted by atomic mass is 127. The number of amides is 1. The number of hydrogen-bond donors (Lipinski definition) is 2. The van der Waals surface area contributed by atoms with Crippen LogP contribution in [0.15, 0.2) is 60.9 Å². The number of nitrogens with one attached hydrogen (secondary N) is 1. The molecule has 0 saturated carbocycles. The lowest BCUT2D eigenvalue weighted by Crippen LogP contribution is -2.31. The van der Waals surface area contributed by atoms with E-state index in [0.29, 0.717) is 11.4 Å². The molecule has 0 aliphatic rings. The van der Waals surface area contributed by atoms with Crippen LogP contribution >= 0.6 is 45.2 Å². The average molecular weight is 871 g/mol. The summed E-state index contributed by atoms with van der Waals surface area (Å²) < 4.78 is 20.7. The summed E-state index contributed by atoms with van der Waals surface area (Å²) in [6, 6.07) is 15.3. The van der Waals surface area contributed by atoms with Gasteiger partial charge in [0, 0.05) is 18.3 Å². The van der Waals surface area contributed by atoms with Crippen LogP contribution < -0.4 is 11.1 Å². The first-order valence-corrected chi connectivity index (χ1v) is 16.7. The van der Waals surface area contributed by atoms with Crippen molar-refractivity contribution in [2.45, 2.75) is 79.1 Å². The lowest BCUT2D eigenvalue weighted by atomic mass is 10.2. The number of carbonyl (C=O) groups excluding carboxylic acids is 3. The van der Waals surface area contributed by atoms with Crippen molar-refractivity contribution in [1.29, 1.82) is 0 Å². The van der Waals surface area contributed by atoms with Crippen LogP contribution in [-0.2, 0) is 14.2 Å². The van der Waals surface area contributed by atoms with Gasteiger partial charge in [0.05, 0.1) is 23.8 Å². The van der Waals surface area contributed by atoms with Gasteiger partial charge in [0.15, 0.2) is 0 Å². The molecular formula is C33H40I2N6O6. The van der Waals surface area contributed by atoms with Crippen LogP contribution in [0, 0.1) is 7.14 Å². The normalized spacial score (nSPS) is 11.6. The molecule has 0 unspecified atom stereocenters. The highest BCUT2D eigenvalue weighted by molar-refractivity contribution is 14.1. The molecular weight excluding hydrogens is 830 g/mol. The Balaban J connectivity index is 0.000000267. The average Bonchev–Trinajstić information content (AvgIpc) is 3.49. The maximum atomic E-state index is 12.8. The van der Waals surface area contributed by atoms with E-state index in [1.165, 1.54) is 15.3 Å². The number of imidazole rings is 2. The maximum Gasteiger partial charge on any atom is 0.421 e. The van der Waals surface area contributed by atoms with Gasteiger partial charge in [-0.3, -0.25) is 5.32 Å². The van der Waals surface area contributed by atoms with Crippen molar-refractivity contribution >= 4 is 75.4 Å². The number of nitrogens with zero attached hydrogens (tertiary/aromatic N) is 4. The molecule has 252 valence electrons. The van der Waals surface area contributed by atoms with Crippen LogP contribution in [0.1, 0.15) is 62.3 Å². The Morgan fingerprint density at radius 3 is 1.55 bits per heavy atom. The molecule has 4 rings (SSSR count). The number of anilines is 2. The molecule has 0 saturated heterocycles. The lowest BCUT2D eigenvalue weighted by Gasteiger charge is -2.22. The van der Waals surface area contributed by atoms with Crippen molar-refractivity contribution in [3.8, 4) is 22.5 Å². The third kappa shape index (κ3) is 11.5. The summed E-state index contributed by atoms with van der Waals surface area (Å²) in [6.45, 7) is 16.0. The number of rotatable bonds is 3. The second-order valence-electron chi connectivity index (χ2n) is 13.2. The van der Waals surface area contributed by atoms with Crippen molar-refractivity contribution in [1.82, 2.24) is 19.1 Å². The van der Waals surface area contributed by atoms with Crippen LogP contribution in [0.5, 0.6) is 0 Å². The fourth-order valence-corrected chi connectivity index (χ4v) is 4.98. The minimum Gasteiger partial charge on any atom is -0.444 e. The quantitative estimate of drug-likeness (QED) is 0.152. The van der Waals surface area contributed by atoms with Gasteiger partial charge in [0.25, 0.3) is 0 Å². The Morgan fingerprint density at radius 2 is 1.11 bits per heavy atom. The number of hydrogen-bond acceptors (Lipinski definition) is 9. The molecule has 0 atom stereocenters. The number of nitrogen functional groups attached to an aromatic ring is 1. The zero-order chi connectivity index (χ0) is 35.3. The number of benzene rings is 2. The number of aromatic nitrogens is 4. The molecule has 0 spiro atoms. The molecule has 2 aromatic heterocycles. The molecule has 0 aliphatic carbocycles. The molecule has 0 bridgehead atoms. The minimum atomic E-state index is -0.702. The summed E-state index contributed by atoms with van der Waals surface area (Å²) in [5.41, 5.74) is 6.59. The van der Waals surface area contributed by atoms with E-state index in [9.17, 15) is 14.4 Å². The van der Waals surface area contributed by atoms with Gasteiger partial charge >= 0.3 is 18.3 Å². The van der Waals surface area contributed by atoms with Gasteiger partial charge in [-0.15, -0.1) is 0 Å². The Kier molecular flexibility index (Phi) is 12.1. The molecule has 4 aromatic rings. The van der Waals surface area contributed by atoms with Crippen molar-refractivity contribution in [3.05, 3.63) is 68.1 Å². The van der Waals surface area contributed by atoms with E-state index in [0.717, 1.165) is 18.3 Å². The standard InChI is InChI=1S/C19H24IN3O4.C14H16IN3O2/c1-18(2,3)26-16(24)22-15-21-11-14(12-8-7-9-13(20)10-12)23(15)17(25)27-19(4,5)6;1-14(2,3)20-13(19)18-11(8-17-12(18)16)9-5-4-6-10(15)7-9/h7-11H,1-6H3,(H,21,22,24);4-8H,1-3H3,(H2,16,17). The fraction of sp³-hybridized carbons (Fsp3) is 0.364. The largest absolute Gasteiger partial charge is 0.444 e. The molecule has 0 radical (unpaired) electrons. The summed E-state index contributed by atoms with van der Waals surface area (Å²) >= 11 is 4.40. The Hall–Kier alpha value is -3.67.